The van der Waals surface area contributed by atoms with Crippen molar-refractivity contribution in [3.05, 3.63) is 67.0 Å². The first-order chi connectivity index (χ1) is 16.2. The molecule has 166 valence electrons. The van der Waals surface area contributed by atoms with Gasteiger partial charge in [-0.25, -0.2) is 9.97 Å². The molecule has 0 atom stereocenters. The van der Waals surface area contributed by atoms with Gasteiger partial charge >= 0.3 is 0 Å². The fourth-order valence-electron chi connectivity index (χ4n) is 3.37. The van der Waals surface area contributed by atoms with E-state index in [0.717, 1.165) is 33.4 Å². The zero-order valence-electron chi connectivity index (χ0n) is 18.4. The number of pyridine rings is 1. The van der Waals surface area contributed by atoms with Crippen molar-refractivity contribution in [2.45, 2.75) is 6.92 Å². The van der Waals surface area contributed by atoms with Gasteiger partial charge in [-0.3, -0.25) is 9.98 Å². The van der Waals surface area contributed by atoms with E-state index in [1.165, 1.54) is 0 Å². The molecular formula is C24H24N8O. The van der Waals surface area contributed by atoms with Gasteiger partial charge in [-0.2, -0.15) is 0 Å². The molecule has 0 saturated heterocycles. The summed E-state index contributed by atoms with van der Waals surface area (Å²) >= 11 is 0. The summed E-state index contributed by atoms with van der Waals surface area (Å²) in [5, 5.41) is 11.2. The van der Waals surface area contributed by atoms with Gasteiger partial charge in [-0.05, 0) is 54.4 Å². The summed E-state index contributed by atoms with van der Waals surface area (Å²) in [7, 11) is 1.86. The molecule has 2 heterocycles. The molecule has 9 heteroatoms. The molecule has 0 radical (unpaired) electrons. The summed E-state index contributed by atoms with van der Waals surface area (Å²) in [5.41, 5.74) is 3.82. The highest BCUT2D eigenvalue weighted by atomic mass is 16.5. The molecule has 33 heavy (non-hydrogen) atoms. The van der Waals surface area contributed by atoms with Gasteiger partial charge in [0.05, 0.1) is 5.52 Å². The molecule has 0 amide bonds. The first-order valence-electron chi connectivity index (χ1n) is 10.5. The number of hydrogen-bond acceptors (Lipinski definition) is 7. The van der Waals surface area contributed by atoms with E-state index in [-0.39, 0.29) is 6.61 Å². The zero-order valence-corrected chi connectivity index (χ0v) is 18.4. The Bertz CT molecular complexity index is 1290. The van der Waals surface area contributed by atoms with Gasteiger partial charge in [-0.1, -0.05) is 23.4 Å². The van der Waals surface area contributed by atoms with Crippen LogP contribution in [0.3, 0.4) is 0 Å². The molecule has 0 aliphatic rings. The van der Waals surface area contributed by atoms with Crippen LogP contribution in [-0.4, -0.2) is 41.0 Å². The predicted octanol–water partition coefficient (Wildman–Crippen LogP) is 4.52. The smallest absolute Gasteiger partial charge is 0.185 e. The SMILES string of the molecule is CCN=C(COc1ccc(-c2ccc3nc(-c4cccnc4)nc(NC)c3c2)cc1)N=NN. The second-order valence-corrected chi connectivity index (χ2v) is 7.04. The van der Waals surface area contributed by atoms with E-state index < -0.39 is 0 Å². The van der Waals surface area contributed by atoms with E-state index in [1.807, 2.05) is 62.5 Å². The quantitative estimate of drug-likeness (QED) is 0.143. The van der Waals surface area contributed by atoms with Crippen molar-refractivity contribution >= 4 is 22.6 Å². The first kappa shape index (κ1) is 21.8. The molecule has 0 saturated carbocycles. The van der Waals surface area contributed by atoms with E-state index in [9.17, 15) is 0 Å². The maximum Gasteiger partial charge on any atom is 0.185 e. The van der Waals surface area contributed by atoms with Gasteiger partial charge in [0.25, 0.3) is 0 Å². The molecule has 9 nitrogen and oxygen atoms in total. The highest BCUT2D eigenvalue weighted by Crippen LogP contribution is 2.30. The Morgan fingerprint density at radius 3 is 2.55 bits per heavy atom. The lowest BCUT2D eigenvalue weighted by Crippen LogP contribution is -2.09. The summed E-state index contributed by atoms with van der Waals surface area (Å²) in [6.07, 6.45) is 3.49. The third-order valence-corrected chi connectivity index (χ3v) is 4.92. The van der Waals surface area contributed by atoms with Crippen molar-refractivity contribution in [1.82, 2.24) is 15.0 Å². The van der Waals surface area contributed by atoms with Crippen molar-refractivity contribution in [2.75, 3.05) is 25.5 Å². The van der Waals surface area contributed by atoms with Crippen LogP contribution >= 0.6 is 0 Å². The van der Waals surface area contributed by atoms with Crippen LogP contribution in [0.15, 0.2) is 82.3 Å². The Morgan fingerprint density at radius 2 is 1.85 bits per heavy atom. The minimum Gasteiger partial charge on any atom is -0.486 e. The van der Waals surface area contributed by atoms with Crippen LogP contribution in [0.1, 0.15) is 6.92 Å². The van der Waals surface area contributed by atoms with E-state index in [1.54, 1.807) is 12.4 Å². The van der Waals surface area contributed by atoms with Crippen LogP contribution in [0.4, 0.5) is 5.82 Å². The van der Waals surface area contributed by atoms with E-state index >= 15 is 0 Å². The third kappa shape index (κ3) is 5.09. The van der Waals surface area contributed by atoms with Crippen LogP contribution in [0.2, 0.25) is 0 Å². The number of ether oxygens (including phenoxy) is 1. The second kappa shape index (κ2) is 10.3. The minimum absolute atomic E-state index is 0.200. The van der Waals surface area contributed by atoms with Crippen LogP contribution in [0.25, 0.3) is 33.4 Å². The van der Waals surface area contributed by atoms with Gasteiger partial charge < -0.3 is 15.9 Å². The predicted molar refractivity (Wildman–Crippen MR) is 130 cm³/mol. The first-order valence-corrected chi connectivity index (χ1v) is 10.5. The molecule has 0 unspecified atom stereocenters. The van der Waals surface area contributed by atoms with Crippen molar-refractivity contribution in [3.63, 3.8) is 0 Å². The number of nitrogens with one attached hydrogen (secondary N) is 1. The molecule has 0 aliphatic carbocycles. The molecule has 2 aromatic carbocycles. The number of fused-ring (bicyclic) bond motifs is 1. The van der Waals surface area contributed by atoms with Crippen LogP contribution in [0.5, 0.6) is 5.75 Å². The average molecular weight is 441 g/mol. The summed E-state index contributed by atoms with van der Waals surface area (Å²) < 4.78 is 5.75. The van der Waals surface area contributed by atoms with Gasteiger partial charge in [0, 0.05) is 36.9 Å². The fourth-order valence-corrected chi connectivity index (χ4v) is 3.37. The third-order valence-electron chi connectivity index (χ3n) is 4.92. The van der Waals surface area contributed by atoms with E-state index in [0.29, 0.717) is 24.0 Å². The topological polar surface area (TPSA) is 123 Å². The number of aromatic nitrogens is 3. The lowest BCUT2D eigenvalue weighted by molar-refractivity contribution is 0.374. The number of nitrogens with two attached hydrogens (primary N) is 1. The number of anilines is 1. The van der Waals surface area contributed by atoms with Crippen LogP contribution < -0.4 is 15.9 Å². The number of nitrogens with zero attached hydrogens (tertiary/aromatic N) is 6. The van der Waals surface area contributed by atoms with Gasteiger partial charge in [0.2, 0.25) is 0 Å². The van der Waals surface area contributed by atoms with Gasteiger partial charge in [-0.15, -0.1) is 5.11 Å². The van der Waals surface area contributed by atoms with E-state index in [4.69, 9.17) is 20.5 Å². The molecule has 0 aliphatic heterocycles. The average Bonchev–Trinajstić information content (AvgIpc) is 2.87. The second-order valence-electron chi connectivity index (χ2n) is 7.04. The maximum atomic E-state index is 5.75. The Balaban J connectivity index is 1.59. The zero-order chi connectivity index (χ0) is 23.0. The number of benzene rings is 2. The highest BCUT2D eigenvalue weighted by molar-refractivity contribution is 5.94. The summed E-state index contributed by atoms with van der Waals surface area (Å²) in [6.45, 7) is 2.70. The molecule has 3 N–H and O–H groups in total. The number of amidine groups is 1. The standard InChI is InChI=1S/C24H24N8O/c1-3-28-22(31-32-25)15-33-19-9-6-16(7-10-19)17-8-11-21-20(13-17)24(26-2)30-23(29-21)18-5-4-12-27-14-18/h4-14H,3,15H2,1-2H3,(H2,25,28,31)(H,26,29,30). The van der Waals surface area contributed by atoms with E-state index in [2.05, 4.69) is 31.7 Å². The molecule has 4 aromatic rings. The van der Waals surface area contributed by atoms with Crippen LogP contribution in [0, 0.1) is 0 Å². The number of hydrogen-bond donors (Lipinski definition) is 2. The molecule has 0 fully saturated rings. The fraction of sp³-hybridized carbons (Fsp3) is 0.167. The highest BCUT2D eigenvalue weighted by Gasteiger charge is 2.10. The maximum absolute atomic E-state index is 5.75. The molecule has 4 rings (SSSR count). The van der Waals surface area contributed by atoms with Crippen molar-refractivity contribution in [2.24, 2.45) is 21.2 Å². The lowest BCUT2D eigenvalue weighted by Gasteiger charge is -2.11. The Hall–Kier alpha value is -4.40. The molecular weight excluding hydrogens is 416 g/mol. The van der Waals surface area contributed by atoms with Gasteiger partial charge in [0.15, 0.2) is 11.7 Å². The van der Waals surface area contributed by atoms with Gasteiger partial charge in [0.1, 0.15) is 18.2 Å². The van der Waals surface area contributed by atoms with Crippen LogP contribution in [-0.2, 0) is 0 Å². The number of aliphatic imine (C=N–C) groups is 1. The summed E-state index contributed by atoms with van der Waals surface area (Å²) in [4.78, 5) is 17.8. The normalized spacial score (nSPS) is 11.8. The Labute approximate surface area is 191 Å². The molecule has 2 aromatic heterocycles. The van der Waals surface area contributed by atoms with Crippen molar-refractivity contribution in [1.29, 1.82) is 0 Å². The Morgan fingerprint density at radius 1 is 1.03 bits per heavy atom. The largest absolute Gasteiger partial charge is 0.486 e. The Kier molecular flexibility index (Phi) is 6.79. The monoisotopic (exact) mass is 440 g/mol. The molecule has 0 bridgehead atoms. The molecule has 0 spiro atoms. The van der Waals surface area contributed by atoms with Crippen molar-refractivity contribution in [3.8, 4) is 28.3 Å². The minimum atomic E-state index is 0.200. The summed E-state index contributed by atoms with van der Waals surface area (Å²) in [5.74, 6) is 7.66. The number of rotatable bonds is 7. The summed E-state index contributed by atoms with van der Waals surface area (Å²) in [6, 6.07) is 17.8. The van der Waals surface area contributed by atoms with Crippen molar-refractivity contribution < 1.29 is 4.74 Å². The lowest BCUT2D eigenvalue weighted by atomic mass is 10.0.